The second kappa shape index (κ2) is 7.38. The van der Waals surface area contributed by atoms with Crippen molar-refractivity contribution in [1.29, 1.82) is 0 Å². The topological polar surface area (TPSA) is 58.6 Å². The molecular weight excluding hydrogens is 316 g/mol. The summed E-state index contributed by atoms with van der Waals surface area (Å²) < 4.78 is 5.57. The number of nitrogens with one attached hydrogen (secondary N) is 1. The van der Waals surface area contributed by atoms with Crippen molar-refractivity contribution in [3.63, 3.8) is 0 Å². The highest BCUT2D eigenvalue weighted by atomic mass is 16.5. The third-order valence-electron chi connectivity index (χ3n) is 4.25. The third-order valence-corrected chi connectivity index (χ3v) is 4.25. The molecule has 25 heavy (non-hydrogen) atoms. The molecule has 2 aromatic rings. The summed E-state index contributed by atoms with van der Waals surface area (Å²) in [5.74, 6) is 0.582. The highest BCUT2D eigenvalue weighted by molar-refractivity contribution is 5.96. The molecule has 1 N–H and O–H groups in total. The lowest BCUT2D eigenvalue weighted by Gasteiger charge is -2.29. The molecule has 0 atom stereocenters. The van der Waals surface area contributed by atoms with Crippen LogP contribution >= 0.6 is 0 Å². The van der Waals surface area contributed by atoms with Crippen LogP contribution in [0, 0.1) is 6.92 Å². The van der Waals surface area contributed by atoms with Crippen molar-refractivity contribution in [2.45, 2.75) is 26.7 Å². The number of fused-ring (bicyclic) bond motifs is 1. The first-order valence-corrected chi connectivity index (χ1v) is 8.43. The lowest BCUT2D eigenvalue weighted by Crippen LogP contribution is -2.36. The number of carbonyl (C=O) groups excluding carboxylic acids is 2. The number of amides is 2. The van der Waals surface area contributed by atoms with E-state index in [4.69, 9.17) is 4.74 Å². The van der Waals surface area contributed by atoms with E-state index in [9.17, 15) is 9.59 Å². The van der Waals surface area contributed by atoms with E-state index >= 15 is 0 Å². The summed E-state index contributed by atoms with van der Waals surface area (Å²) in [5.41, 5.74) is 3.72. The Labute approximate surface area is 147 Å². The van der Waals surface area contributed by atoms with Gasteiger partial charge in [-0.25, -0.2) is 0 Å². The molecule has 1 aliphatic heterocycles. The Balaban J connectivity index is 1.64. The second-order valence-electron chi connectivity index (χ2n) is 6.24. The summed E-state index contributed by atoms with van der Waals surface area (Å²) in [5, 5.41) is 2.90. The molecule has 130 valence electrons. The largest absolute Gasteiger partial charge is 0.490 e. The zero-order valence-corrected chi connectivity index (χ0v) is 14.5. The summed E-state index contributed by atoms with van der Waals surface area (Å²) in [7, 11) is 0. The smallest absolute Gasteiger partial charge is 0.224 e. The fourth-order valence-corrected chi connectivity index (χ4v) is 2.86. The molecule has 2 aromatic carbocycles. The fourth-order valence-electron chi connectivity index (χ4n) is 2.86. The first kappa shape index (κ1) is 17.0. The van der Waals surface area contributed by atoms with E-state index in [1.807, 2.05) is 31.2 Å². The van der Waals surface area contributed by atoms with E-state index in [1.54, 1.807) is 23.1 Å². The summed E-state index contributed by atoms with van der Waals surface area (Å²) in [6.07, 6.45) is 1.10. The van der Waals surface area contributed by atoms with Gasteiger partial charge in [0.2, 0.25) is 11.8 Å². The first-order valence-electron chi connectivity index (χ1n) is 8.43. The standard InChI is InChI=1S/C20H22N2O3/c1-14-3-5-16(6-4-14)7-10-20(24)21-17-8-9-19-18(13-17)22(15(2)23)11-12-25-19/h3-6,8-9,13H,7,10-12H2,1-2H3,(H,21,24). The van der Waals surface area contributed by atoms with E-state index in [1.165, 1.54) is 12.5 Å². The minimum Gasteiger partial charge on any atom is -0.490 e. The summed E-state index contributed by atoms with van der Waals surface area (Å²) >= 11 is 0. The predicted octanol–water partition coefficient (Wildman–Crippen LogP) is 3.31. The van der Waals surface area contributed by atoms with E-state index in [2.05, 4.69) is 5.32 Å². The van der Waals surface area contributed by atoms with Gasteiger partial charge in [0.1, 0.15) is 12.4 Å². The number of aryl methyl sites for hydroxylation is 2. The molecule has 5 nitrogen and oxygen atoms in total. The monoisotopic (exact) mass is 338 g/mol. The number of anilines is 2. The molecule has 2 amide bonds. The normalized spacial score (nSPS) is 13.0. The maximum absolute atomic E-state index is 12.2. The quantitative estimate of drug-likeness (QED) is 0.930. The van der Waals surface area contributed by atoms with Crippen LogP contribution in [0.3, 0.4) is 0 Å². The van der Waals surface area contributed by atoms with Gasteiger partial charge in [-0.05, 0) is 37.1 Å². The van der Waals surface area contributed by atoms with Gasteiger partial charge in [-0.3, -0.25) is 9.59 Å². The number of hydrogen-bond acceptors (Lipinski definition) is 3. The van der Waals surface area contributed by atoms with Crippen LogP contribution in [0.5, 0.6) is 5.75 Å². The van der Waals surface area contributed by atoms with Crippen LogP contribution in [0.2, 0.25) is 0 Å². The van der Waals surface area contributed by atoms with Crippen LogP contribution in [0.4, 0.5) is 11.4 Å². The zero-order chi connectivity index (χ0) is 17.8. The van der Waals surface area contributed by atoms with Crippen LogP contribution in [0.1, 0.15) is 24.5 Å². The van der Waals surface area contributed by atoms with Gasteiger partial charge in [-0.2, -0.15) is 0 Å². The molecule has 0 radical (unpaired) electrons. The average Bonchev–Trinajstić information content (AvgIpc) is 2.60. The van der Waals surface area contributed by atoms with Crippen LogP contribution in [-0.4, -0.2) is 25.0 Å². The molecule has 0 unspecified atom stereocenters. The Bertz CT molecular complexity index is 784. The maximum Gasteiger partial charge on any atom is 0.224 e. The van der Waals surface area contributed by atoms with Crippen molar-refractivity contribution in [2.24, 2.45) is 0 Å². The molecule has 1 heterocycles. The molecule has 0 saturated heterocycles. The molecule has 0 bridgehead atoms. The highest BCUT2D eigenvalue weighted by Gasteiger charge is 2.21. The number of carbonyl (C=O) groups is 2. The van der Waals surface area contributed by atoms with Crippen molar-refractivity contribution >= 4 is 23.2 Å². The van der Waals surface area contributed by atoms with Crippen LogP contribution in [0.25, 0.3) is 0 Å². The molecular formula is C20H22N2O3. The van der Waals surface area contributed by atoms with Crippen LogP contribution < -0.4 is 15.0 Å². The molecule has 0 aliphatic carbocycles. The molecule has 5 heteroatoms. The van der Waals surface area contributed by atoms with Gasteiger partial charge in [0.15, 0.2) is 0 Å². The Morgan fingerprint density at radius 1 is 1.16 bits per heavy atom. The van der Waals surface area contributed by atoms with Gasteiger partial charge in [0.25, 0.3) is 0 Å². The van der Waals surface area contributed by atoms with E-state index < -0.39 is 0 Å². The minimum atomic E-state index is -0.0494. The zero-order valence-electron chi connectivity index (χ0n) is 14.5. The molecule has 0 spiro atoms. The Hall–Kier alpha value is -2.82. The first-order chi connectivity index (χ1) is 12.0. The van der Waals surface area contributed by atoms with Crippen molar-refractivity contribution in [1.82, 2.24) is 0 Å². The number of nitrogens with zero attached hydrogens (tertiary/aromatic N) is 1. The van der Waals surface area contributed by atoms with Gasteiger partial charge in [0, 0.05) is 19.0 Å². The lowest BCUT2D eigenvalue weighted by atomic mass is 10.1. The highest BCUT2D eigenvalue weighted by Crippen LogP contribution is 2.34. The maximum atomic E-state index is 12.2. The van der Waals surface area contributed by atoms with Gasteiger partial charge < -0.3 is 15.0 Å². The Kier molecular flexibility index (Phi) is 5.03. The Morgan fingerprint density at radius 3 is 2.64 bits per heavy atom. The minimum absolute atomic E-state index is 0.0348. The van der Waals surface area contributed by atoms with E-state index in [-0.39, 0.29) is 11.8 Å². The number of hydrogen-bond donors (Lipinski definition) is 1. The van der Waals surface area contributed by atoms with Crippen molar-refractivity contribution < 1.29 is 14.3 Å². The molecule has 1 aliphatic rings. The number of benzene rings is 2. The molecule has 3 rings (SSSR count). The average molecular weight is 338 g/mol. The SMILES string of the molecule is CC(=O)N1CCOc2ccc(NC(=O)CCc3ccc(C)cc3)cc21. The Morgan fingerprint density at radius 2 is 1.92 bits per heavy atom. The van der Waals surface area contributed by atoms with Gasteiger partial charge >= 0.3 is 0 Å². The predicted molar refractivity (Wildman–Crippen MR) is 98.1 cm³/mol. The van der Waals surface area contributed by atoms with Crippen molar-refractivity contribution in [3.8, 4) is 5.75 Å². The summed E-state index contributed by atoms with van der Waals surface area (Å²) in [6.45, 7) is 4.57. The van der Waals surface area contributed by atoms with E-state index in [0.29, 0.717) is 43.1 Å². The van der Waals surface area contributed by atoms with Gasteiger partial charge in [0.05, 0.1) is 12.2 Å². The molecule has 0 fully saturated rings. The lowest BCUT2D eigenvalue weighted by molar-refractivity contribution is -0.117. The third kappa shape index (κ3) is 4.18. The molecule has 0 saturated carbocycles. The van der Waals surface area contributed by atoms with Crippen LogP contribution in [0.15, 0.2) is 42.5 Å². The van der Waals surface area contributed by atoms with Gasteiger partial charge in [-0.15, -0.1) is 0 Å². The van der Waals surface area contributed by atoms with Gasteiger partial charge in [-0.1, -0.05) is 29.8 Å². The van der Waals surface area contributed by atoms with Crippen LogP contribution in [-0.2, 0) is 16.0 Å². The number of rotatable bonds is 4. The summed E-state index contributed by atoms with van der Waals surface area (Å²) in [6, 6.07) is 13.6. The number of ether oxygens (including phenoxy) is 1. The van der Waals surface area contributed by atoms with Crippen molar-refractivity contribution in [2.75, 3.05) is 23.4 Å². The fraction of sp³-hybridized carbons (Fsp3) is 0.300. The summed E-state index contributed by atoms with van der Waals surface area (Å²) in [4.78, 5) is 25.6. The second-order valence-corrected chi connectivity index (χ2v) is 6.24. The molecule has 0 aromatic heterocycles. The van der Waals surface area contributed by atoms with E-state index in [0.717, 1.165) is 5.56 Å². The van der Waals surface area contributed by atoms with Crippen molar-refractivity contribution in [3.05, 3.63) is 53.6 Å².